The molecule has 0 bridgehead atoms. The monoisotopic (exact) mass is 268 g/mol. The molecule has 0 heterocycles. The van der Waals surface area contributed by atoms with Crippen LogP contribution in [0.15, 0.2) is 0 Å². The Morgan fingerprint density at radius 2 is 2.27 bits per heavy atom. The van der Waals surface area contributed by atoms with Gasteiger partial charge in [0.1, 0.15) is 0 Å². The van der Waals surface area contributed by atoms with E-state index in [-0.39, 0.29) is 5.60 Å². The van der Waals surface area contributed by atoms with E-state index in [1.54, 1.807) is 0 Å². The fourth-order valence-electron chi connectivity index (χ4n) is 1.75. The SMILES string of the molecule is CCOC1(C)CCCCC1I. The van der Waals surface area contributed by atoms with Crippen LogP contribution in [0.5, 0.6) is 0 Å². The Balaban J connectivity index is 2.49. The van der Waals surface area contributed by atoms with Crippen molar-refractivity contribution < 1.29 is 4.74 Å². The minimum Gasteiger partial charge on any atom is -0.374 e. The molecule has 0 aromatic carbocycles. The fourth-order valence-corrected chi connectivity index (χ4v) is 2.69. The van der Waals surface area contributed by atoms with Crippen LogP contribution in [0.3, 0.4) is 0 Å². The summed E-state index contributed by atoms with van der Waals surface area (Å²) in [6, 6.07) is 0. The smallest absolute Gasteiger partial charge is 0.0771 e. The molecule has 0 spiro atoms. The Morgan fingerprint density at radius 1 is 1.55 bits per heavy atom. The molecule has 1 saturated carbocycles. The summed E-state index contributed by atoms with van der Waals surface area (Å²) in [6.07, 6.45) is 5.30. The number of ether oxygens (including phenoxy) is 1. The standard InChI is InChI=1S/C9H17IO/c1-3-11-9(2)7-5-4-6-8(9)10/h8H,3-7H2,1-2H3. The van der Waals surface area contributed by atoms with Gasteiger partial charge < -0.3 is 4.74 Å². The molecule has 1 rings (SSSR count). The maximum atomic E-state index is 5.78. The van der Waals surface area contributed by atoms with Crippen LogP contribution in [0.25, 0.3) is 0 Å². The molecule has 2 heteroatoms. The molecule has 0 amide bonds. The first kappa shape index (κ1) is 9.78. The second kappa shape index (κ2) is 4.08. The van der Waals surface area contributed by atoms with Crippen LogP contribution >= 0.6 is 22.6 Å². The zero-order chi connectivity index (χ0) is 8.32. The summed E-state index contributed by atoms with van der Waals surface area (Å²) in [5, 5.41) is 0. The van der Waals surface area contributed by atoms with E-state index in [0.29, 0.717) is 3.92 Å². The lowest BCUT2D eigenvalue weighted by Crippen LogP contribution is -2.41. The Labute approximate surface area is 83.0 Å². The molecule has 0 N–H and O–H groups in total. The van der Waals surface area contributed by atoms with Crippen molar-refractivity contribution in [1.29, 1.82) is 0 Å². The summed E-state index contributed by atoms with van der Waals surface area (Å²) >= 11 is 2.53. The minimum atomic E-state index is 0.174. The van der Waals surface area contributed by atoms with Crippen LogP contribution in [0.1, 0.15) is 39.5 Å². The first-order valence-corrected chi connectivity index (χ1v) is 5.71. The second-order valence-corrected chi connectivity index (χ2v) is 4.96. The number of hydrogen-bond donors (Lipinski definition) is 0. The van der Waals surface area contributed by atoms with Gasteiger partial charge >= 0.3 is 0 Å². The maximum Gasteiger partial charge on any atom is 0.0771 e. The molecular weight excluding hydrogens is 251 g/mol. The van der Waals surface area contributed by atoms with E-state index in [4.69, 9.17) is 4.74 Å². The molecular formula is C9H17IO. The van der Waals surface area contributed by atoms with Crippen LogP contribution in [0.4, 0.5) is 0 Å². The number of halogens is 1. The molecule has 0 aliphatic heterocycles. The average Bonchev–Trinajstić information content (AvgIpc) is 1.96. The van der Waals surface area contributed by atoms with E-state index >= 15 is 0 Å². The van der Waals surface area contributed by atoms with Gasteiger partial charge in [-0.25, -0.2) is 0 Å². The topological polar surface area (TPSA) is 9.23 Å². The van der Waals surface area contributed by atoms with Gasteiger partial charge in [0.05, 0.1) is 5.60 Å². The highest BCUT2D eigenvalue weighted by atomic mass is 127. The predicted octanol–water partition coefficient (Wildman–Crippen LogP) is 3.16. The second-order valence-electron chi connectivity index (χ2n) is 3.46. The first-order valence-electron chi connectivity index (χ1n) is 4.47. The molecule has 66 valence electrons. The van der Waals surface area contributed by atoms with E-state index in [9.17, 15) is 0 Å². The molecule has 1 fully saturated rings. The quantitative estimate of drug-likeness (QED) is 0.552. The third-order valence-corrected chi connectivity index (χ3v) is 4.46. The highest BCUT2D eigenvalue weighted by Crippen LogP contribution is 2.36. The van der Waals surface area contributed by atoms with Crippen molar-refractivity contribution in [1.82, 2.24) is 0 Å². The fraction of sp³-hybridized carbons (Fsp3) is 1.00. The highest BCUT2D eigenvalue weighted by Gasteiger charge is 2.35. The summed E-state index contributed by atoms with van der Waals surface area (Å²) in [5.41, 5.74) is 0.174. The van der Waals surface area contributed by atoms with Gasteiger partial charge in [0.2, 0.25) is 0 Å². The van der Waals surface area contributed by atoms with Gasteiger partial charge in [0.25, 0.3) is 0 Å². The van der Waals surface area contributed by atoms with E-state index in [2.05, 4.69) is 36.4 Å². The zero-order valence-electron chi connectivity index (χ0n) is 7.40. The van der Waals surface area contributed by atoms with Crippen molar-refractivity contribution in [2.45, 2.75) is 49.1 Å². The third kappa shape index (κ3) is 2.31. The molecule has 0 aromatic heterocycles. The summed E-state index contributed by atoms with van der Waals surface area (Å²) in [6.45, 7) is 5.20. The maximum absolute atomic E-state index is 5.78. The predicted molar refractivity (Wildman–Crippen MR) is 56.3 cm³/mol. The van der Waals surface area contributed by atoms with E-state index in [0.717, 1.165) is 6.61 Å². The average molecular weight is 268 g/mol. The number of rotatable bonds is 2. The van der Waals surface area contributed by atoms with Crippen molar-refractivity contribution in [3.05, 3.63) is 0 Å². The largest absolute Gasteiger partial charge is 0.374 e. The summed E-state index contributed by atoms with van der Waals surface area (Å²) < 4.78 is 6.49. The Kier molecular flexibility index (Phi) is 3.62. The van der Waals surface area contributed by atoms with Gasteiger partial charge in [-0.3, -0.25) is 0 Å². The molecule has 1 nitrogen and oxygen atoms in total. The van der Waals surface area contributed by atoms with Crippen molar-refractivity contribution in [3.8, 4) is 0 Å². The normalized spacial score (nSPS) is 39.0. The lowest BCUT2D eigenvalue weighted by molar-refractivity contribution is -0.0411. The molecule has 1 aliphatic rings. The molecule has 0 saturated heterocycles. The number of alkyl halides is 1. The zero-order valence-corrected chi connectivity index (χ0v) is 9.56. The van der Waals surface area contributed by atoms with Crippen LogP contribution in [-0.2, 0) is 4.74 Å². The summed E-state index contributed by atoms with van der Waals surface area (Å²) in [7, 11) is 0. The molecule has 1 aliphatic carbocycles. The van der Waals surface area contributed by atoms with E-state index in [1.165, 1.54) is 25.7 Å². The van der Waals surface area contributed by atoms with Gasteiger partial charge in [-0.1, -0.05) is 35.4 Å². The Hall–Kier alpha value is 0.690. The highest BCUT2D eigenvalue weighted by molar-refractivity contribution is 14.1. The van der Waals surface area contributed by atoms with Crippen molar-refractivity contribution in [2.24, 2.45) is 0 Å². The molecule has 0 aromatic rings. The van der Waals surface area contributed by atoms with Gasteiger partial charge in [-0.05, 0) is 26.7 Å². The minimum absolute atomic E-state index is 0.174. The lowest BCUT2D eigenvalue weighted by Gasteiger charge is -2.38. The van der Waals surface area contributed by atoms with E-state index in [1.807, 2.05) is 0 Å². The third-order valence-electron chi connectivity index (χ3n) is 2.52. The lowest BCUT2D eigenvalue weighted by atomic mass is 9.86. The molecule has 0 radical (unpaired) electrons. The van der Waals surface area contributed by atoms with Crippen LogP contribution in [0.2, 0.25) is 0 Å². The van der Waals surface area contributed by atoms with Crippen molar-refractivity contribution in [2.75, 3.05) is 6.61 Å². The Morgan fingerprint density at radius 3 is 2.82 bits per heavy atom. The summed E-state index contributed by atoms with van der Waals surface area (Å²) in [5.74, 6) is 0. The van der Waals surface area contributed by atoms with Gasteiger partial charge in [0.15, 0.2) is 0 Å². The first-order chi connectivity index (χ1) is 5.19. The van der Waals surface area contributed by atoms with Crippen molar-refractivity contribution in [3.63, 3.8) is 0 Å². The van der Waals surface area contributed by atoms with Crippen LogP contribution < -0.4 is 0 Å². The van der Waals surface area contributed by atoms with Gasteiger partial charge in [0, 0.05) is 10.5 Å². The molecule has 2 unspecified atom stereocenters. The van der Waals surface area contributed by atoms with Crippen LogP contribution in [0, 0.1) is 0 Å². The van der Waals surface area contributed by atoms with Gasteiger partial charge in [-0.15, -0.1) is 0 Å². The Bertz CT molecular complexity index is 123. The molecule has 2 atom stereocenters. The van der Waals surface area contributed by atoms with Crippen LogP contribution in [-0.4, -0.2) is 16.1 Å². The van der Waals surface area contributed by atoms with Crippen molar-refractivity contribution >= 4 is 22.6 Å². The summed E-state index contributed by atoms with van der Waals surface area (Å²) in [4.78, 5) is 0. The molecule has 11 heavy (non-hydrogen) atoms. The van der Waals surface area contributed by atoms with Gasteiger partial charge in [-0.2, -0.15) is 0 Å². The van der Waals surface area contributed by atoms with E-state index < -0.39 is 0 Å². The number of hydrogen-bond acceptors (Lipinski definition) is 1.